The van der Waals surface area contributed by atoms with E-state index in [2.05, 4.69) is 11.7 Å². The van der Waals surface area contributed by atoms with Crippen LogP contribution in [0.25, 0.3) is 0 Å². The lowest BCUT2D eigenvalue weighted by Gasteiger charge is -1.98. The molecule has 80 valence electrons. The Kier molecular flexibility index (Phi) is 5.01. The van der Waals surface area contributed by atoms with Gasteiger partial charge >= 0.3 is 0 Å². The van der Waals surface area contributed by atoms with Gasteiger partial charge in [-0.25, -0.2) is 0 Å². The van der Waals surface area contributed by atoms with Crippen LogP contribution in [0.4, 0.5) is 0 Å². The molecule has 0 bridgehead atoms. The summed E-state index contributed by atoms with van der Waals surface area (Å²) in [5, 5.41) is 3.82. The fourth-order valence-electron chi connectivity index (χ4n) is 0.977. The van der Waals surface area contributed by atoms with Crippen molar-refractivity contribution in [3.8, 4) is 5.75 Å². The summed E-state index contributed by atoms with van der Waals surface area (Å²) in [6.07, 6.45) is 4.27. The highest BCUT2D eigenvalue weighted by Gasteiger charge is 1.90. The lowest BCUT2D eigenvalue weighted by molar-refractivity contribution is 0.151. The number of hydrogen-bond acceptors (Lipinski definition) is 3. The Balaban J connectivity index is 2.39. The Bertz CT molecular complexity index is 317. The van der Waals surface area contributed by atoms with Crippen molar-refractivity contribution in [2.24, 2.45) is 5.16 Å². The van der Waals surface area contributed by atoms with Gasteiger partial charge in [0.15, 0.2) is 0 Å². The highest BCUT2D eigenvalue weighted by molar-refractivity contribution is 5.79. The van der Waals surface area contributed by atoms with Crippen LogP contribution >= 0.6 is 0 Å². The third-order valence-corrected chi connectivity index (χ3v) is 1.81. The minimum absolute atomic E-state index is 0.566. The minimum atomic E-state index is 0.566. The summed E-state index contributed by atoms with van der Waals surface area (Å²) in [6.45, 7) is 4.16. The minimum Gasteiger partial charge on any atom is -0.497 e. The van der Waals surface area contributed by atoms with Crippen LogP contribution in [0.15, 0.2) is 42.1 Å². The third kappa shape index (κ3) is 4.31. The number of oxime groups is 1. The lowest BCUT2D eigenvalue weighted by Crippen LogP contribution is -1.88. The predicted molar refractivity (Wildman–Crippen MR) is 61.4 cm³/mol. The number of hydrogen-bond donors (Lipinski definition) is 0. The van der Waals surface area contributed by atoms with Gasteiger partial charge in [-0.1, -0.05) is 11.2 Å². The second-order valence-electron chi connectivity index (χ2n) is 2.92. The predicted octanol–water partition coefficient (Wildman–Crippen LogP) is 2.62. The lowest BCUT2D eigenvalue weighted by atomic mass is 10.2. The van der Waals surface area contributed by atoms with Gasteiger partial charge in [0.1, 0.15) is 12.4 Å². The molecule has 0 saturated carbocycles. The molecule has 0 heterocycles. The van der Waals surface area contributed by atoms with Crippen LogP contribution in [0.1, 0.15) is 12.0 Å². The van der Waals surface area contributed by atoms with Crippen molar-refractivity contribution in [2.75, 3.05) is 13.7 Å². The highest BCUT2D eigenvalue weighted by Crippen LogP contribution is 2.09. The summed E-state index contributed by atoms with van der Waals surface area (Å²) in [7, 11) is 1.64. The largest absolute Gasteiger partial charge is 0.497 e. The molecule has 15 heavy (non-hydrogen) atoms. The molecule has 0 atom stereocenters. The van der Waals surface area contributed by atoms with E-state index in [0.717, 1.165) is 17.7 Å². The average Bonchev–Trinajstić information content (AvgIpc) is 2.30. The molecular weight excluding hydrogens is 190 g/mol. The van der Waals surface area contributed by atoms with Gasteiger partial charge in [-0.15, -0.1) is 6.58 Å². The first-order chi connectivity index (χ1) is 7.36. The van der Waals surface area contributed by atoms with Gasteiger partial charge in [-0.2, -0.15) is 0 Å². The third-order valence-electron chi connectivity index (χ3n) is 1.81. The van der Waals surface area contributed by atoms with Crippen molar-refractivity contribution < 1.29 is 9.57 Å². The second kappa shape index (κ2) is 6.65. The number of ether oxygens (including phenoxy) is 1. The van der Waals surface area contributed by atoms with Crippen molar-refractivity contribution in [1.29, 1.82) is 0 Å². The second-order valence-corrected chi connectivity index (χ2v) is 2.92. The van der Waals surface area contributed by atoms with Crippen LogP contribution < -0.4 is 4.74 Å². The Hall–Kier alpha value is -1.77. The molecule has 0 saturated heterocycles. The first kappa shape index (κ1) is 11.3. The molecule has 3 heteroatoms. The fourth-order valence-corrected chi connectivity index (χ4v) is 0.977. The molecule has 0 aliphatic heterocycles. The maximum Gasteiger partial charge on any atom is 0.120 e. The topological polar surface area (TPSA) is 30.8 Å². The molecule has 0 unspecified atom stereocenters. The average molecular weight is 205 g/mol. The monoisotopic (exact) mass is 205 g/mol. The summed E-state index contributed by atoms with van der Waals surface area (Å²) >= 11 is 0. The van der Waals surface area contributed by atoms with E-state index < -0.39 is 0 Å². The van der Waals surface area contributed by atoms with Gasteiger partial charge in [0.2, 0.25) is 0 Å². The number of methoxy groups -OCH3 is 1. The maximum absolute atomic E-state index is 5.04. The van der Waals surface area contributed by atoms with E-state index in [0.29, 0.717) is 6.61 Å². The smallest absolute Gasteiger partial charge is 0.120 e. The van der Waals surface area contributed by atoms with Gasteiger partial charge in [0.05, 0.1) is 13.3 Å². The Morgan fingerprint density at radius 3 is 2.67 bits per heavy atom. The van der Waals surface area contributed by atoms with E-state index in [4.69, 9.17) is 9.57 Å². The normalized spacial score (nSPS) is 10.2. The summed E-state index contributed by atoms with van der Waals surface area (Å²) in [5.74, 6) is 0.833. The van der Waals surface area contributed by atoms with E-state index in [-0.39, 0.29) is 0 Å². The molecule has 1 aromatic rings. The highest BCUT2D eigenvalue weighted by atomic mass is 16.6. The van der Waals surface area contributed by atoms with E-state index in [9.17, 15) is 0 Å². The molecule has 1 aromatic carbocycles. The van der Waals surface area contributed by atoms with Crippen molar-refractivity contribution >= 4 is 6.21 Å². The van der Waals surface area contributed by atoms with Crippen LogP contribution in [0.2, 0.25) is 0 Å². The van der Waals surface area contributed by atoms with Crippen molar-refractivity contribution in [3.05, 3.63) is 42.5 Å². The molecule has 0 aliphatic rings. The first-order valence-corrected chi connectivity index (χ1v) is 4.77. The maximum atomic E-state index is 5.04. The van der Waals surface area contributed by atoms with Gasteiger partial charge in [-0.05, 0) is 29.8 Å². The van der Waals surface area contributed by atoms with Crippen LogP contribution in [-0.2, 0) is 4.84 Å². The molecule has 3 nitrogen and oxygen atoms in total. The van der Waals surface area contributed by atoms with E-state index in [1.165, 1.54) is 0 Å². The zero-order chi connectivity index (χ0) is 10.9. The van der Waals surface area contributed by atoms with Crippen LogP contribution in [0.3, 0.4) is 0 Å². The van der Waals surface area contributed by atoms with Gasteiger partial charge in [0.25, 0.3) is 0 Å². The van der Waals surface area contributed by atoms with Gasteiger partial charge in [-0.3, -0.25) is 0 Å². The molecule has 0 N–H and O–H groups in total. The van der Waals surface area contributed by atoms with Crippen LogP contribution in [0.5, 0.6) is 5.75 Å². The van der Waals surface area contributed by atoms with Crippen LogP contribution in [0, 0.1) is 0 Å². The molecule has 0 radical (unpaired) electrons. The fraction of sp³-hybridized carbons (Fsp3) is 0.250. The summed E-state index contributed by atoms with van der Waals surface area (Å²) < 4.78 is 5.04. The molecule has 0 spiro atoms. The van der Waals surface area contributed by atoms with E-state index in [1.807, 2.05) is 24.3 Å². The summed E-state index contributed by atoms with van der Waals surface area (Å²) in [4.78, 5) is 5.00. The standard InChI is InChI=1S/C12H15NO2/c1-3-4-9-15-13-10-11-5-7-12(14-2)8-6-11/h3,5-8,10H,1,4,9H2,2H3. The van der Waals surface area contributed by atoms with E-state index in [1.54, 1.807) is 19.4 Å². The van der Waals surface area contributed by atoms with Gasteiger partial charge < -0.3 is 9.57 Å². The van der Waals surface area contributed by atoms with Crippen molar-refractivity contribution in [1.82, 2.24) is 0 Å². The molecule has 0 aliphatic carbocycles. The Morgan fingerprint density at radius 1 is 1.33 bits per heavy atom. The zero-order valence-electron chi connectivity index (χ0n) is 8.85. The quantitative estimate of drug-likeness (QED) is 0.309. The van der Waals surface area contributed by atoms with Crippen molar-refractivity contribution in [2.45, 2.75) is 6.42 Å². The molecular formula is C12H15NO2. The van der Waals surface area contributed by atoms with Gasteiger partial charge in [0, 0.05) is 6.42 Å². The molecule has 0 fully saturated rings. The number of nitrogens with zero attached hydrogens (tertiary/aromatic N) is 1. The number of rotatable bonds is 6. The molecule has 0 amide bonds. The Labute approximate surface area is 90.0 Å². The summed E-state index contributed by atoms with van der Waals surface area (Å²) in [5.41, 5.74) is 0.981. The molecule has 0 aromatic heterocycles. The summed E-state index contributed by atoms with van der Waals surface area (Å²) in [6, 6.07) is 7.59. The zero-order valence-corrected chi connectivity index (χ0v) is 8.85. The van der Waals surface area contributed by atoms with Crippen LogP contribution in [-0.4, -0.2) is 19.9 Å². The van der Waals surface area contributed by atoms with Crippen molar-refractivity contribution in [3.63, 3.8) is 0 Å². The Morgan fingerprint density at radius 2 is 2.07 bits per heavy atom. The van der Waals surface area contributed by atoms with E-state index >= 15 is 0 Å². The SMILES string of the molecule is C=CCCON=Cc1ccc(OC)cc1. The first-order valence-electron chi connectivity index (χ1n) is 4.77. The number of benzene rings is 1. The molecule has 1 rings (SSSR count).